The van der Waals surface area contributed by atoms with Gasteiger partial charge in [0.05, 0.1) is 6.61 Å². The lowest BCUT2D eigenvalue weighted by molar-refractivity contribution is -0.262. The minimum Gasteiger partial charge on any atom is -0.461 e. The molecular formula is C13H16BrFO5. The maximum absolute atomic E-state index is 13.9. The molecule has 20 heavy (non-hydrogen) atoms. The second-order valence-corrected chi connectivity index (χ2v) is 5.59. The lowest BCUT2D eigenvalue weighted by Gasteiger charge is -2.38. The molecular weight excluding hydrogens is 335 g/mol. The Morgan fingerprint density at radius 1 is 1.35 bits per heavy atom. The predicted octanol–water partition coefficient (Wildman–Crippen LogP) is 0.913. The minimum atomic E-state index is -1.91. The van der Waals surface area contributed by atoms with E-state index in [0.717, 1.165) is 10.0 Å². The number of aliphatic hydroxyl groups excluding tert-OH is 3. The van der Waals surface area contributed by atoms with Crippen molar-refractivity contribution in [1.82, 2.24) is 0 Å². The van der Waals surface area contributed by atoms with Gasteiger partial charge in [-0.15, -0.1) is 0 Å². The van der Waals surface area contributed by atoms with E-state index in [0.29, 0.717) is 5.75 Å². The van der Waals surface area contributed by atoms with Gasteiger partial charge in [-0.25, -0.2) is 4.39 Å². The summed E-state index contributed by atoms with van der Waals surface area (Å²) in [6.45, 7) is 1.25. The molecule has 0 amide bonds. The fourth-order valence-electron chi connectivity index (χ4n) is 2.01. The van der Waals surface area contributed by atoms with Crippen molar-refractivity contribution in [1.29, 1.82) is 0 Å². The first kappa shape index (κ1) is 15.7. The summed E-state index contributed by atoms with van der Waals surface area (Å²) in [4.78, 5) is 0. The van der Waals surface area contributed by atoms with Crippen LogP contribution in [0.5, 0.6) is 5.75 Å². The van der Waals surface area contributed by atoms with Gasteiger partial charge < -0.3 is 24.8 Å². The Hall–Kier alpha value is -0.730. The van der Waals surface area contributed by atoms with Crippen LogP contribution in [-0.2, 0) is 4.74 Å². The third kappa shape index (κ3) is 3.12. The smallest absolute Gasteiger partial charge is 0.234 e. The number of hydrogen-bond donors (Lipinski definition) is 3. The molecule has 1 saturated heterocycles. The van der Waals surface area contributed by atoms with Crippen LogP contribution in [0.2, 0.25) is 0 Å². The van der Waals surface area contributed by atoms with Crippen LogP contribution >= 0.6 is 15.9 Å². The van der Waals surface area contributed by atoms with Crippen LogP contribution in [0.25, 0.3) is 0 Å². The fourth-order valence-corrected chi connectivity index (χ4v) is 2.49. The Balaban J connectivity index is 2.15. The van der Waals surface area contributed by atoms with Crippen LogP contribution in [0.3, 0.4) is 0 Å². The average Bonchev–Trinajstić information content (AvgIpc) is 2.42. The molecule has 7 heteroatoms. The molecule has 1 aromatic carbocycles. The third-order valence-corrected chi connectivity index (χ3v) is 3.68. The average molecular weight is 351 g/mol. The molecule has 2 rings (SSSR count). The highest BCUT2D eigenvalue weighted by Crippen LogP contribution is 2.29. The molecule has 1 aromatic rings. The molecule has 1 heterocycles. The van der Waals surface area contributed by atoms with Gasteiger partial charge in [0, 0.05) is 4.47 Å². The van der Waals surface area contributed by atoms with Gasteiger partial charge in [-0.05, 0) is 30.7 Å². The Labute approximate surface area is 124 Å². The largest absolute Gasteiger partial charge is 0.461 e. The van der Waals surface area contributed by atoms with Crippen LogP contribution in [0.1, 0.15) is 5.56 Å². The highest BCUT2D eigenvalue weighted by atomic mass is 79.9. The van der Waals surface area contributed by atoms with Gasteiger partial charge in [0.2, 0.25) is 6.29 Å². The zero-order valence-corrected chi connectivity index (χ0v) is 12.3. The van der Waals surface area contributed by atoms with Crippen LogP contribution in [0.15, 0.2) is 22.7 Å². The molecule has 1 aliphatic heterocycles. The van der Waals surface area contributed by atoms with Crippen molar-refractivity contribution < 1.29 is 29.2 Å². The summed E-state index contributed by atoms with van der Waals surface area (Å²) >= 11 is 3.30. The maximum atomic E-state index is 13.9. The Morgan fingerprint density at radius 2 is 2.05 bits per heavy atom. The van der Waals surface area contributed by atoms with E-state index in [9.17, 15) is 14.6 Å². The fraction of sp³-hybridized carbons (Fsp3) is 0.538. The minimum absolute atomic E-state index is 0.404. The Morgan fingerprint density at radius 3 is 2.65 bits per heavy atom. The number of alkyl halides is 1. The molecule has 0 bridgehead atoms. The first-order valence-electron chi connectivity index (χ1n) is 6.13. The second-order valence-electron chi connectivity index (χ2n) is 4.68. The van der Waals surface area contributed by atoms with Gasteiger partial charge in [0.25, 0.3) is 0 Å². The highest BCUT2D eigenvalue weighted by molar-refractivity contribution is 9.10. The second kappa shape index (κ2) is 6.36. The SMILES string of the molecule is Cc1cc(Br)ccc1O[C@H]1OC(CO)[C@@H](O)C(O)C1F. The zero-order chi connectivity index (χ0) is 14.9. The van der Waals surface area contributed by atoms with Gasteiger partial charge in [-0.1, -0.05) is 15.9 Å². The summed E-state index contributed by atoms with van der Waals surface area (Å²) in [5, 5.41) is 28.2. The van der Waals surface area contributed by atoms with Gasteiger partial charge >= 0.3 is 0 Å². The molecule has 0 radical (unpaired) electrons. The van der Waals surface area contributed by atoms with E-state index in [2.05, 4.69) is 15.9 Å². The zero-order valence-electron chi connectivity index (χ0n) is 10.7. The number of halogens is 2. The Bertz CT molecular complexity index is 470. The lowest BCUT2D eigenvalue weighted by atomic mass is 10.0. The first-order valence-corrected chi connectivity index (χ1v) is 6.92. The summed E-state index contributed by atoms with van der Waals surface area (Å²) in [5.41, 5.74) is 0.760. The molecule has 0 spiro atoms. The van der Waals surface area contributed by atoms with Crippen LogP contribution < -0.4 is 4.74 Å². The van der Waals surface area contributed by atoms with Gasteiger partial charge in [-0.3, -0.25) is 0 Å². The molecule has 5 nitrogen and oxygen atoms in total. The van der Waals surface area contributed by atoms with Crippen LogP contribution in [0, 0.1) is 6.92 Å². The van der Waals surface area contributed by atoms with Crippen molar-refractivity contribution in [3.8, 4) is 5.75 Å². The third-order valence-electron chi connectivity index (χ3n) is 3.19. The Kier molecular flexibility index (Phi) is 4.98. The van der Waals surface area contributed by atoms with E-state index in [1.807, 2.05) is 0 Å². The van der Waals surface area contributed by atoms with Crippen LogP contribution in [0.4, 0.5) is 4.39 Å². The number of aryl methyl sites for hydroxylation is 1. The maximum Gasteiger partial charge on any atom is 0.234 e. The molecule has 1 aliphatic rings. The number of benzene rings is 1. The van der Waals surface area contributed by atoms with E-state index in [4.69, 9.17) is 14.6 Å². The molecule has 3 N–H and O–H groups in total. The number of ether oxygens (including phenoxy) is 2. The monoisotopic (exact) mass is 350 g/mol. The first-order chi connectivity index (χ1) is 9.43. The molecule has 3 unspecified atom stereocenters. The molecule has 112 valence electrons. The van der Waals surface area contributed by atoms with E-state index >= 15 is 0 Å². The number of rotatable bonds is 3. The number of aliphatic hydroxyl groups is 3. The predicted molar refractivity (Wildman–Crippen MR) is 72.2 cm³/mol. The summed E-state index contributed by atoms with van der Waals surface area (Å²) in [5.74, 6) is 0.404. The molecule has 1 fully saturated rings. The van der Waals surface area contributed by atoms with Gasteiger partial charge in [0.1, 0.15) is 24.1 Å². The summed E-state index contributed by atoms with van der Waals surface area (Å²) in [7, 11) is 0. The van der Waals surface area contributed by atoms with Crippen molar-refractivity contribution in [2.75, 3.05) is 6.61 Å². The standard InChI is InChI=1S/C13H16BrFO5/c1-6-4-7(14)2-3-8(6)19-13-10(15)12(18)11(17)9(5-16)20-13/h2-4,9-13,16-18H,5H2,1H3/t9?,10?,11-,12?,13+/m1/s1. The van der Waals surface area contributed by atoms with Crippen LogP contribution in [-0.4, -0.2) is 52.7 Å². The summed E-state index contributed by atoms with van der Waals surface area (Å²) in [6, 6.07) is 5.16. The normalized spacial score (nSPS) is 34.0. The lowest BCUT2D eigenvalue weighted by Crippen LogP contribution is -2.58. The van der Waals surface area contributed by atoms with Crippen molar-refractivity contribution in [3.63, 3.8) is 0 Å². The number of hydrogen-bond acceptors (Lipinski definition) is 5. The topological polar surface area (TPSA) is 79.2 Å². The van der Waals surface area contributed by atoms with Crippen molar-refractivity contribution in [2.24, 2.45) is 0 Å². The van der Waals surface area contributed by atoms with E-state index in [1.54, 1.807) is 25.1 Å². The van der Waals surface area contributed by atoms with E-state index in [1.165, 1.54) is 0 Å². The molecule has 0 saturated carbocycles. The summed E-state index contributed by atoms with van der Waals surface area (Å²) in [6.07, 6.45) is -7.53. The highest BCUT2D eigenvalue weighted by Gasteiger charge is 2.46. The molecule has 0 aromatic heterocycles. The van der Waals surface area contributed by atoms with Crippen molar-refractivity contribution in [2.45, 2.75) is 37.7 Å². The summed E-state index contributed by atoms with van der Waals surface area (Å²) < 4.78 is 25.4. The quantitative estimate of drug-likeness (QED) is 0.755. The molecule has 0 aliphatic carbocycles. The van der Waals surface area contributed by atoms with Crippen molar-refractivity contribution >= 4 is 15.9 Å². The van der Waals surface area contributed by atoms with E-state index < -0.39 is 37.4 Å². The van der Waals surface area contributed by atoms with Gasteiger partial charge in [-0.2, -0.15) is 0 Å². The van der Waals surface area contributed by atoms with Crippen molar-refractivity contribution in [3.05, 3.63) is 28.2 Å². The van der Waals surface area contributed by atoms with Gasteiger partial charge in [0.15, 0.2) is 6.17 Å². The molecule has 5 atom stereocenters. The van der Waals surface area contributed by atoms with E-state index in [-0.39, 0.29) is 0 Å².